The summed E-state index contributed by atoms with van der Waals surface area (Å²) in [5, 5.41) is 12.2. The van der Waals surface area contributed by atoms with Gasteiger partial charge in [0.2, 0.25) is 0 Å². The Bertz CT molecular complexity index is 1250. The Morgan fingerprint density at radius 1 is 1.16 bits per heavy atom. The van der Waals surface area contributed by atoms with Crippen LogP contribution in [-0.2, 0) is 13.2 Å². The van der Waals surface area contributed by atoms with Crippen molar-refractivity contribution >= 4 is 34.9 Å². The monoisotopic (exact) mass is 470 g/mol. The number of benzene rings is 2. The van der Waals surface area contributed by atoms with Crippen LogP contribution in [-0.4, -0.2) is 20.8 Å². The number of halogens is 2. The van der Waals surface area contributed by atoms with E-state index < -0.39 is 0 Å². The van der Waals surface area contributed by atoms with Crippen LogP contribution in [0.1, 0.15) is 32.9 Å². The van der Waals surface area contributed by atoms with E-state index in [1.807, 2.05) is 19.9 Å². The first-order valence-electron chi connectivity index (χ1n) is 9.82. The summed E-state index contributed by atoms with van der Waals surface area (Å²) in [5.74, 6) is 1.43. The third kappa shape index (κ3) is 5.12. The molecule has 4 aromatic rings. The van der Waals surface area contributed by atoms with Crippen LogP contribution in [0.4, 0.5) is 5.82 Å². The number of rotatable bonds is 7. The van der Waals surface area contributed by atoms with Crippen LogP contribution in [0.5, 0.6) is 5.75 Å². The van der Waals surface area contributed by atoms with Crippen molar-refractivity contribution in [2.24, 2.45) is 0 Å². The molecule has 0 unspecified atom stereocenters. The highest BCUT2D eigenvalue weighted by atomic mass is 35.5. The molecule has 0 bridgehead atoms. The molecular formula is C23H20Cl2N4O3. The molecule has 0 aliphatic carbocycles. The number of nitrogens with one attached hydrogen (secondary N) is 1. The minimum Gasteiger partial charge on any atom is -0.489 e. The van der Waals surface area contributed by atoms with E-state index in [-0.39, 0.29) is 5.91 Å². The number of anilines is 1. The molecular weight excluding hydrogens is 451 g/mol. The number of carbonyl (C=O) groups excluding carboxylic acids is 1. The molecule has 0 spiro atoms. The van der Waals surface area contributed by atoms with Gasteiger partial charge in [-0.3, -0.25) is 9.48 Å². The van der Waals surface area contributed by atoms with Crippen molar-refractivity contribution < 1.29 is 14.1 Å². The van der Waals surface area contributed by atoms with Crippen LogP contribution in [0.2, 0.25) is 10.0 Å². The lowest BCUT2D eigenvalue weighted by atomic mass is 10.2. The molecule has 32 heavy (non-hydrogen) atoms. The van der Waals surface area contributed by atoms with Gasteiger partial charge in [-0.1, -0.05) is 40.5 Å². The van der Waals surface area contributed by atoms with Gasteiger partial charge in [0.25, 0.3) is 5.91 Å². The Hall–Kier alpha value is -3.29. The maximum atomic E-state index is 12.7. The number of hydrogen-bond acceptors (Lipinski definition) is 5. The summed E-state index contributed by atoms with van der Waals surface area (Å²) in [5.41, 5.74) is 3.01. The first-order valence-corrected chi connectivity index (χ1v) is 10.6. The van der Waals surface area contributed by atoms with Crippen molar-refractivity contribution in [2.75, 3.05) is 5.32 Å². The molecule has 0 radical (unpaired) electrons. The standard InChI is InChI=1S/C23H20Cl2N4O3/c1-14-20(15(2)32-28-14)13-31-19-5-3-4-16(10-19)23(30)26-22-8-9-29(27-22)12-17-6-7-18(24)11-21(17)25/h3-11H,12-13H2,1-2H3,(H,26,27,30). The van der Waals surface area contributed by atoms with Crippen LogP contribution in [0, 0.1) is 13.8 Å². The maximum Gasteiger partial charge on any atom is 0.256 e. The zero-order valence-corrected chi connectivity index (χ0v) is 18.9. The normalized spacial score (nSPS) is 10.9. The summed E-state index contributed by atoms with van der Waals surface area (Å²) in [7, 11) is 0. The molecule has 1 N–H and O–H groups in total. The molecule has 2 aromatic carbocycles. The van der Waals surface area contributed by atoms with Gasteiger partial charge in [0.1, 0.15) is 18.1 Å². The molecule has 2 heterocycles. The highest BCUT2D eigenvalue weighted by Crippen LogP contribution is 2.22. The molecule has 0 saturated heterocycles. The SMILES string of the molecule is Cc1noc(C)c1COc1cccc(C(=O)Nc2ccn(Cc3ccc(Cl)cc3Cl)n2)c1. The molecule has 4 rings (SSSR count). The van der Waals surface area contributed by atoms with Crippen molar-refractivity contribution in [2.45, 2.75) is 27.0 Å². The van der Waals surface area contributed by atoms with E-state index in [1.165, 1.54) is 0 Å². The van der Waals surface area contributed by atoms with Crippen molar-refractivity contribution in [3.63, 3.8) is 0 Å². The lowest BCUT2D eigenvalue weighted by molar-refractivity contribution is 0.102. The fourth-order valence-electron chi connectivity index (χ4n) is 3.12. The Morgan fingerprint density at radius 3 is 2.75 bits per heavy atom. The Labute approximate surface area is 194 Å². The molecule has 0 saturated carbocycles. The second-order valence-corrected chi connectivity index (χ2v) is 8.05. The van der Waals surface area contributed by atoms with E-state index in [9.17, 15) is 4.79 Å². The van der Waals surface area contributed by atoms with E-state index >= 15 is 0 Å². The zero-order valence-electron chi connectivity index (χ0n) is 17.4. The van der Waals surface area contributed by atoms with Gasteiger partial charge in [-0.2, -0.15) is 5.10 Å². The van der Waals surface area contributed by atoms with Gasteiger partial charge in [0.15, 0.2) is 5.82 Å². The van der Waals surface area contributed by atoms with Crippen LogP contribution >= 0.6 is 23.2 Å². The third-order valence-corrected chi connectivity index (χ3v) is 5.48. The summed E-state index contributed by atoms with van der Waals surface area (Å²) >= 11 is 12.2. The van der Waals surface area contributed by atoms with Crippen molar-refractivity contribution in [1.82, 2.24) is 14.9 Å². The average Bonchev–Trinajstić information content (AvgIpc) is 3.34. The molecule has 0 aliphatic heterocycles. The first-order chi connectivity index (χ1) is 15.4. The fourth-order valence-corrected chi connectivity index (χ4v) is 3.59. The summed E-state index contributed by atoms with van der Waals surface area (Å²) in [6.07, 6.45) is 1.77. The average molecular weight is 471 g/mol. The lowest BCUT2D eigenvalue weighted by Crippen LogP contribution is -2.13. The van der Waals surface area contributed by atoms with E-state index in [4.69, 9.17) is 32.5 Å². The summed E-state index contributed by atoms with van der Waals surface area (Å²) < 4.78 is 12.7. The van der Waals surface area contributed by atoms with Gasteiger partial charge in [0, 0.05) is 27.9 Å². The second-order valence-electron chi connectivity index (χ2n) is 7.21. The Morgan fingerprint density at radius 2 is 2.00 bits per heavy atom. The topological polar surface area (TPSA) is 82.2 Å². The first kappa shape index (κ1) is 21.9. The number of carbonyl (C=O) groups is 1. The molecule has 2 aromatic heterocycles. The molecule has 0 fully saturated rings. The Kier molecular flexibility index (Phi) is 6.48. The second kappa shape index (κ2) is 9.46. The molecule has 1 amide bonds. The van der Waals surface area contributed by atoms with Gasteiger partial charge in [0.05, 0.1) is 17.8 Å². The van der Waals surface area contributed by atoms with Crippen molar-refractivity contribution in [1.29, 1.82) is 0 Å². The van der Waals surface area contributed by atoms with E-state index in [2.05, 4.69) is 15.6 Å². The highest BCUT2D eigenvalue weighted by Gasteiger charge is 2.12. The smallest absolute Gasteiger partial charge is 0.256 e. The van der Waals surface area contributed by atoms with Crippen LogP contribution < -0.4 is 10.1 Å². The minimum atomic E-state index is -0.289. The van der Waals surface area contributed by atoms with Crippen molar-refractivity contribution in [3.8, 4) is 5.75 Å². The highest BCUT2D eigenvalue weighted by molar-refractivity contribution is 6.35. The van der Waals surface area contributed by atoms with Crippen LogP contribution in [0.15, 0.2) is 59.3 Å². The number of aromatic nitrogens is 3. The van der Waals surface area contributed by atoms with Crippen LogP contribution in [0.3, 0.4) is 0 Å². The molecule has 164 valence electrons. The quantitative estimate of drug-likeness (QED) is 0.375. The third-order valence-electron chi connectivity index (χ3n) is 4.89. The lowest BCUT2D eigenvalue weighted by Gasteiger charge is -2.08. The molecule has 7 nitrogen and oxygen atoms in total. The van der Waals surface area contributed by atoms with E-state index in [0.717, 1.165) is 16.8 Å². The molecule has 0 aliphatic rings. The molecule has 9 heteroatoms. The summed E-state index contributed by atoms with van der Waals surface area (Å²) in [6, 6.07) is 14.0. The molecule has 0 atom stereocenters. The maximum absolute atomic E-state index is 12.7. The Balaban J connectivity index is 1.39. The van der Waals surface area contributed by atoms with Gasteiger partial charge >= 0.3 is 0 Å². The number of aryl methyl sites for hydroxylation is 2. The zero-order chi connectivity index (χ0) is 22.7. The number of hydrogen-bond donors (Lipinski definition) is 1. The summed E-state index contributed by atoms with van der Waals surface area (Å²) in [4.78, 5) is 12.7. The number of ether oxygens (including phenoxy) is 1. The van der Waals surface area contributed by atoms with Gasteiger partial charge in [-0.15, -0.1) is 0 Å². The number of amides is 1. The summed E-state index contributed by atoms with van der Waals surface area (Å²) in [6.45, 7) is 4.46. The van der Waals surface area contributed by atoms with Gasteiger partial charge in [-0.05, 0) is 49.7 Å². The van der Waals surface area contributed by atoms with E-state index in [1.54, 1.807) is 53.3 Å². The van der Waals surface area contributed by atoms with Gasteiger partial charge in [-0.25, -0.2) is 0 Å². The van der Waals surface area contributed by atoms with Gasteiger partial charge < -0.3 is 14.6 Å². The predicted octanol–water partition coefficient (Wildman–Crippen LogP) is 5.67. The van der Waals surface area contributed by atoms with E-state index in [0.29, 0.717) is 46.1 Å². The minimum absolute atomic E-state index is 0.289. The largest absolute Gasteiger partial charge is 0.489 e. The fraction of sp³-hybridized carbons (Fsp3) is 0.174. The van der Waals surface area contributed by atoms with Crippen LogP contribution in [0.25, 0.3) is 0 Å². The van der Waals surface area contributed by atoms with Crippen molar-refractivity contribution in [3.05, 3.63) is 92.9 Å². The predicted molar refractivity (Wildman–Crippen MR) is 122 cm³/mol. The number of nitrogens with zero attached hydrogens (tertiary/aromatic N) is 3.